The molecule has 0 saturated heterocycles. The Bertz CT molecular complexity index is 439. The first-order chi connectivity index (χ1) is 10.8. The number of hydrogen-bond donors (Lipinski definition) is 0. The molecule has 0 aliphatic heterocycles. The van der Waals surface area contributed by atoms with Crippen LogP contribution >= 0.6 is 11.6 Å². The van der Waals surface area contributed by atoms with E-state index < -0.39 is 28.7 Å². The fourth-order valence-corrected chi connectivity index (χ4v) is 1.73. The Morgan fingerprint density at radius 2 is 1.46 bits per heavy atom. The molecule has 1 amide bonds. The van der Waals surface area contributed by atoms with Gasteiger partial charge in [0.1, 0.15) is 17.7 Å². The van der Waals surface area contributed by atoms with Crippen molar-refractivity contribution in [1.29, 1.82) is 0 Å². The molecular formula is C16H28ClNO6. The number of halogens is 1. The maximum Gasteiger partial charge on any atom is 0.410 e. The number of amides is 1. The van der Waals surface area contributed by atoms with Crippen LogP contribution in [0.4, 0.5) is 9.59 Å². The van der Waals surface area contributed by atoms with E-state index in [1.54, 1.807) is 41.5 Å². The minimum Gasteiger partial charge on any atom is -0.459 e. The Labute approximate surface area is 148 Å². The molecule has 0 aliphatic carbocycles. The highest BCUT2D eigenvalue weighted by molar-refractivity contribution is 6.61. The van der Waals surface area contributed by atoms with Crippen molar-refractivity contribution in [3.8, 4) is 0 Å². The van der Waals surface area contributed by atoms with E-state index in [1.165, 1.54) is 4.90 Å². The number of ether oxygens (including phenoxy) is 3. The van der Waals surface area contributed by atoms with Crippen LogP contribution < -0.4 is 0 Å². The minimum absolute atomic E-state index is 0.150. The van der Waals surface area contributed by atoms with Gasteiger partial charge in [0.15, 0.2) is 0 Å². The van der Waals surface area contributed by atoms with Gasteiger partial charge in [0.25, 0.3) is 0 Å². The molecule has 0 atom stereocenters. The summed E-state index contributed by atoms with van der Waals surface area (Å²) in [5, 5.41) is 0. The molecule has 0 fully saturated rings. The second-order valence-electron chi connectivity index (χ2n) is 7.28. The van der Waals surface area contributed by atoms with E-state index in [-0.39, 0.29) is 19.7 Å². The first-order valence-electron chi connectivity index (χ1n) is 7.82. The number of rotatable bonds is 7. The molecule has 0 aromatic heterocycles. The largest absolute Gasteiger partial charge is 0.459 e. The Morgan fingerprint density at radius 3 is 1.92 bits per heavy atom. The van der Waals surface area contributed by atoms with Crippen LogP contribution in [0.2, 0.25) is 0 Å². The van der Waals surface area contributed by atoms with E-state index in [0.717, 1.165) is 0 Å². The summed E-state index contributed by atoms with van der Waals surface area (Å²) in [7, 11) is 0. The van der Waals surface area contributed by atoms with Crippen LogP contribution in [-0.4, -0.2) is 53.3 Å². The second kappa shape index (κ2) is 9.71. The van der Waals surface area contributed by atoms with Crippen LogP contribution in [0.3, 0.4) is 0 Å². The van der Waals surface area contributed by atoms with Crippen molar-refractivity contribution in [2.45, 2.75) is 65.6 Å². The molecule has 0 saturated carbocycles. The molecule has 0 bridgehead atoms. The lowest BCUT2D eigenvalue weighted by Crippen LogP contribution is -2.42. The summed E-state index contributed by atoms with van der Waals surface area (Å²) in [6, 6.07) is 0. The zero-order valence-corrected chi connectivity index (χ0v) is 16.1. The molecule has 0 unspecified atom stereocenters. The van der Waals surface area contributed by atoms with Crippen molar-refractivity contribution in [2.24, 2.45) is 0 Å². The molecule has 140 valence electrons. The lowest BCUT2D eigenvalue weighted by Gasteiger charge is -2.28. The Hall–Kier alpha value is -1.50. The van der Waals surface area contributed by atoms with Crippen LogP contribution in [0.25, 0.3) is 0 Å². The number of carbonyl (C=O) groups excluding carboxylic acids is 3. The van der Waals surface area contributed by atoms with Crippen molar-refractivity contribution in [3.05, 3.63) is 0 Å². The maximum atomic E-state index is 12.2. The summed E-state index contributed by atoms with van der Waals surface area (Å²) in [6.07, 6.45) is 0.431. The fourth-order valence-electron chi connectivity index (χ4n) is 1.65. The third kappa shape index (κ3) is 13.0. The van der Waals surface area contributed by atoms with Gasteiger partial charge in [-0.25, -0.2) is 9.59 Å². The average Bonchev–Trinajstić information content (AvgIpc) is 2.32. The summed E-state index contributed by atoms with van der Waals surface area (Å²) in [4.78, 5) is 35.9. The normalized spacial score (nSPS) is 11.6. The van der Waals surface area contributed by atoms with E-state index in [1.807, 2.05) is 0 Å². The van der Waals surface area contributed by atoms with E-state index >= 15 is 0 Å². The third-order valence-electron chi connectivity index (χ3n) is 2.43. The molecule has 0 N–H and O–H groups in total. The standard InChI is InChI=1S/C16H28ClNO6/c1-15(2,3)23-12(19)11-18(14(21)24-16(4,5)6)9-7-8-10-22-13(17)20/h7-11H2,1-6H3. The van der Waals surface area contributed by atoms with E-state index in [4.69, 9.17) is 21.1 Å². The lowest BCUT2D eigenvalue weighted by molar-refractivity contribution is -0.156. The van der Waals surface area contributed by atoms with Crippen LogP contribution in [-0.2, 0) is 19.0 Å². The van der Waals surface area contributed by atoms with Gasteiger partial charge in [0.05, 0.1) is 6.61 Å². The minimum atomic E-state index is -0.868. The van der Waals surface area contributed by atoms with Gasteiger partial charge in [-0.2, -0.15) is 0 Å². The van der Waals surface area contributed by atoms with E-state index in [2.05, 4.69) is 4.74 Å². The van der Waals surface area contributed by atoms with Crippen molar-refractivity contribution < 1.29 is 28.6 Å². The van der Waals surface area contributed by atoms with Crippen LogP contribution in [0, 0.1) is 0 Å². The summed E-state index contributed by atoms with van der Waals surface area (Å²) < 4.78 is 15.1. The Morgan fingerprint density at radius 1 is 0.917 bits per heavy atom. The van der Waals surface area contributed by atoms with Gasteiger partial charge < -0.3 is 14.2 Å². The number of unbranched alkanes of at least 4 members (excludes halogenated alkanes) is 1. The Balaban J connectivity index is 4.62. The van der Waals surface area contributed by atoms with Crippen LogP contribution in [0.1, 0.15) is 54.4 Å². The third-order valence-corrected chi connectivity index (χ3v) is 2.54. The topological polar surface area (TPSA) is 82.1 Å². The molecule has 24 heavy (non-hydrogen) atoms. The van der Waals surface area contributed by atoms with E-state index in [9.17, 15) is 14.4 Å². The molecule has 0 aliphatic rings. The van der Waals surface area contributed by atoms with Gasteiger partial charge in [-0.1, -0.05) is 0 Å². The van der Waals surface area contributed by atoms with Crippen LogP contribution in [0.5, 0.6) is 0 Å². The molecule has 0 rings (SSSR count). The predicted octanol–water partition coefficient (Wildman–Crippen LogP) is 3.72. The molecule has 0 aromatic carbocycles. The summed E-state index contributed by atoms with van der Waals surface area (Å²) in [5.41, 5.74) is -2.17. The summed E-state index contributed by atoms with van der Waals surface area (Å²) >= 11 is 5.07. The highest BCUT2D eigenvalue weighted by Crippen LogP contribution is 2.12. The number of carbonyl (C=O) groups is 3. The van der Waals surface area contributed by atoms with Gasteiger partial charge >= 0.3 is 17.5 Å². The number of hydrogen-bond acceptors (Lipinski definition) is 6. The lowest BCUT2D eigenvalue weighted by atomic mass is 10.2. The van der Waals surface area contributed by atoms with Gasteiger partial charge in [-0.3, -0.25) is 9.69 Å². The van der Waals surface area contributed by atoms with Gasteiger partial charge in [0, 0.05) is 18.1 Å². The molecule has 0 radical (unpaired) electrons. The van der Waals surface area contributed by atoms with Crippen molar-refractivity contribution in [2.75, 3.05) is 19.7 Å². The zero-order valence-electron chi connectivity index (χ0n) is 15.3. The van der Waals surface area contributed by atoms with Crippen molar-refractivity contribution in [1.82, 2.24) is 4.90 Å². The number of nitrogens with zero attached hydrogens (tertiary/aromatic N) is 1. The average molecular weight is 366 g/mol. The van der Waals surface area contributed by atoms with Gasteiger partial charge in [-0.15, -0.1) is 0 Å². The maximum absolute atomic E-state index is 12.2. The number of esters is 1. The quantitative estimate of drug-likeness (QED) is 0.296. The monoisotopic (exact) mass is 365 g/mol. The van der Waals surface area contributed by atoms with E-state index in [0.29, 0.717) is 12.8 Å². The molecule has 0 spiro atoms. The van der Waals surface area contributed by atoms with Crippen molar-refractivity contribution >= 4 is 29.1 Å². The van der Waals surface area contributed by atoms with Gasteiger partial charge in [-0.05, 0) is 54.4 Å². The fraction of sp³-hybridized carbons (Fsp3) is 0.812. The molecule has 0 aromatic rings. The van der Waals surface area contributed by atoms with Crippen LogP contribution in [0.15, 0.2) is 0 Å². The molecular weight excluding hydrogens is 338 g/mol. The molecule has 7 nitrogen and oxygen atoms in total. The SMILES string of the molecule is CC(C)(C)OC(=O)CN(CCCCOC(=O)Cl)C(=O)OC(C)(C)C. The first kappa shape index (κ1) is 22.5. The molecule has 0 heterocycles. The van der Waals surface area contributed by atoms with Crippen molar-refractivity contribution in [3.63, 3.8) is 0 Å². The predicted molar refractivity (Wildman–Crippen MR) is 90.1 cm³/mol. The first-order valence-corrected chi connectivity index (χ1v) is 8.20. The summed E-state index contributed by atoms with van der Waals surface area (Å²) in [5.74, 6) is -0.513. The highest BCUT2D eigenvalue weighted by Gasteiger charge is 2.26. The smallest absolute Gasteiger partial charge is 0.410 e. The highest BCUT2D eigenvalue weighted by atomic mass is 35.5. The Kier molecular flexibility index (Phi) is 9.11. The molecule has 8 heteroatoms. The van der Waals surface area contributed by atoms with Gasteiger partial charge in [0.2, 0.25) is 0 Å². The second-order valence-corrected chi connectivity index (χ2v) is 7.59. The summed E-state index contributed by atoms with van der Waals surface area (Å²) in [6.45, 7) is 10.7. The zero-order chi connectivity index (χ0) is 19.0.